The van der Waals surface area contributed by atoms with Crippen LogP contribution in [0.5, 0.6) is 0 Å². The van der Waals surface area contributed by atoms with Crippen LogP contribution in [0.3, 0.4) is 0 Å². The lowest BCUT2D eigenvalue weighted by molar-refractivity contribution is 0.669. The molecule has 58 heavy (non-hydrogen) atoms. The third kappa shape index (κ3) is 4.34. The monoisotopic (exact) mass is 739 g/mol. The molecule has 9 aromatic carbocycles. The number of aromatic nitrogens is 3. The number of furan rings is 1. The fourth-order valence-corrected chi connectivity index (χ4v) is 9.69. The van der Waals surface area contributed by atoms with Gasteiger partial charge in [0, 0.05) is 60.2 Å². The molecule has 0 amide bonds. The smallest absolute Gasteiger partial charge is 0.136 e. The molecule has 13 rings (SSSR count). The lowest BCUT2D eigenvalue weighted by Gasteiger charge is -2.12. The Balaban J connectivity index is 1.10. The van der Waals surface area contributed by atoms with Crippen molar-refractivity contribution in [3.05, 3.63) is 200 Å². The summed E-state index contributed by atoms with van der Waals surface area (Å²) in [7, 11) is 0. The second-order valence-corrected chi connectivity index (χ2v) is 15.3. The molecule has 0 aliphatic carbocycles. The standard InChI is InChI=1S/C54H33N3O/c1-4-14-36(15-5-1)55-48-28-24-35(31-44(48)45-33-52-46(32-50(45)55)40-21-11-13-23-51(40)58-52)34-25-29-49-43(30-34)42-27-26-41-39-20-10-12-22-47(39)56(37-16-6-2-7-17-37)53(41)54(42)57(49)38-18-8-3-9-19-38/h1-33H. The summed E-state index contributed by atoms with van der Waals surface area (Å²) in [6.07, 6.45) is 0. The Morgan fingerprint density at radius 1 is 0.259 bits per heavy atom. The van der Waals surface area contributed by atoms with Crippen molar-refractivity contribution in [3.63, 3.8) is 0 Å². The molecule has 0 N–H and O–H groups in total. The topological polar surface area (TPSA) is 27.9 Å². The molecular weight excluding hydrogens is 707 g/mol. The predicted molar refractivity (Wildman–Crippen MR) is 242 cm³/mol. The molecular formula is C54H33N3O. The average Bonchev–Trinajstić information content (AvgIpc) is 4.02. The van der Waals surface area contributed by atoms with E-state index >= 15 is 0 Å². The van der Waals surface area contributed by atoms with Gasteiger partial charge in [0.1, 0.15) is 11.2 Å². The summed E-state index contributed by atoms with van der Waals surface area (Å²) in [5, 5.41) is 9.56. The van der Waals surface area contributed by atoms with E-state index in [9.17, 15) is 0 Å². The quantitative estimate of drug-likeness (QED) is 0.177. The first-order chi connectivity index (χ1) is 28.8. The van der Waals surface area contributed by atoms with Crippen LogP contribution in [0.25, 0.3) is 116 Å². The molecule has 13 aromatic rings. The molecule has 4 heterocycles. The SMILES string of the molecule is c1ccc(-n2c3ccc(-c4ccc5c(c4)c4ccc6c7ccccc7n(-c7ccccc7)c6c4n5-c4ccccc4)cc3c3cc4oc5ccccc5c4cc32)cc1. The third-order valence-corrected chi connectivity index (χ3v) is 12.2. The Labute approximate surface area is 332 Å². The van der Waals surface area contributed by atoms with Crippen molar-refractivity contribution in [3.8, 4) is 28.2 Å². The highest BCUT2D eigenvalue weighted by Gasteiger charge is 2.22. The van der Waals surface area contributed by atoms with Crippen LogP contribution in [-0.2, 0) is 0 Å². The lowest BCUT2D eigenvalue weighted by Crippen LogP contribution is -1.98. The van der Waals surface area contributed by atoms with E-state index in [0.29, 0.717) is 0 Å². The molecule has 270 valence electrons. The number of nitrogens with zero attached hydrogens (tertiary/aromatic N) is 3. The highest BCUT2D eigenvalue weighted by atomic mass is 16.3. The van der Waals surface area contributed by atoms with Gasteiger partial charge < -0.3 is 18.1 Å². The van der Waals surface area contributed by atoms with Gasteiger partial charge >= 0.3 is 0 Å². The van der Waals surface area contributed by atoms with Crippen LogP contribution in [0, 0.1) is 0 Å². The second-order valence-electron chi connectivity index (χ2n) is 15.3. The van der Waals surface area contributed by atoms with Gasteiger partial charge in [-0.3, -0.25) is 0 Å². The Hall–Kier alpha value is -7.82. The molecule has 0 unspecified atom stereocenters. The Kier molecular flexibility index (Phi) is 6.41. The zero-order valence-electron chi connectivity index (χ0n) is 31.3. The molecule has 4 heteroatoms. The van der Waals surface area contributed by atoms with Crippen LogP contribution in [0.1, 0.15) is 0 Å². The van der Waals surface area contributed by atoms with Gasteiger partial charge in [0.05, 0.1) is 33.1 Å². The first-order valence-corrected chi connectivity index (χ1v) is 19.8. The summed E-state index contributed by atoms with van der Waals surface area (Å²) in [5.41, 5.74) is 14.7. The van der Waals surface area contributed by atoms with Gasteiger partial charge in [0.2, 0.25) is 0 Å². The van der Waals surface area contributed by atoms with E-state index in [0.717, 1.165) is 44.5 Å². The van der Waals surface area contributed by atoms with Crippen molar-refractivity contribution >= 4 is 87.4 Å². The van der Waals surface area contributed by atoms with Crippen molar-refractivity contribution in [2.75, 3.05) is 0 Å². The highest BCUT2D eigenvalue weighted by molar-refractivity contribution is 6.24. The number of fused-ring (bicyclic) bond motifs is 13. The largest absolute Gasteiger partial charge is 0.456 e. The fourth-order valence-electron chi connectivity index (χ4n) is 9.69. The Bertz CT molecular complexity index is 3770. The maximum atomic E-state index is 6.44. The molecule has 0 bridgehead atoms. The molecule has 0 spiro atoms. The van der Waals surface area contributed by atoms with Crippen molar-refractivity contribution in [1.82, 2.24) is 13.7 Å². The number of benzene rings is 9. The van der Waals surface area contributed by atoms with E-state index < -0.39 is 0 Å². The number of hydrogen-bond donors (Lipinski definition) is 0. The van der Waals surface area contributed by atoms with E-state index in [2.05, 4.69) is 208 Å². The normalized spacial score (nSPS) is 12.1. The van der Waals surface area contributed by atoms with E-state index in [1.54, 1.807) is 0 Å². The minimum atomic E-state index is 0.903. The molecule has 0 fully saturated rings. The summed E-state index contributed by atoms with van der Waals surface area (Å²) in [4.78, 5) is 0. The van der Waals surface area contributed by atoms with Crippen molar-refractivity contribution in [2.45, 2.75) is 0 Å². The number of rotatable bonds is 4. The average molecular weight is 740 g/mol. The first kappa shape index (κ1) is 31.4. The maximum absolute atomic E-state index is 6.44. The van der Waals surface area contributed by atoms with E-state index in [4.69, 9.17) is 4.42 Å². The van der Waals surface area contributed by atoms with Gasteiger partial charge in [-0.1, -0.05) is 115 Å². The Morgan fingerprint density at radius 3 is 1.36 bits per heavy atom. The van der Waals surface area contributed by atoms with Crippen LogP contribution in [0.2, 0.25) is 0 Å². The summed E-state index contributed by atoms with van der Waals surface area (Å²) in [5.74, 6) is 0. The second kappa shape index (κ2) is 11.8. The summed E-state index contributed by atoms with van der Waals surface area (Å²) in [6, 6.07) is 72.5. The van der Waals surface area contributed by atoms with Crippen LogP contribution < -0.4 is 0 Å². The molecule has 4 nitrogen and oxygen atoms in total. The Morgan fingerprint density at radius 2 is 0.724 bits per heavy atom. The fraction of sp³-hybridized carbons (Fsp3) is 0. The van der Waals surface area contributed by atoms with E-state index in [-0.39, 0.29) is 0 Å². The minimum Gasteiger partial charge on any atom is -0.456 e. The molecule has 0 aliphatic heterocycles. The van der Waals surface area contributed by atoms with Crippen LogP contribution in [-0.4, -0.2) is 13.7 Å². The minimum absolute atomic E-state index is 0.903. The molecule has 0 saturated carbocycles. The summed E-state index contributed by atoms with van der Waals surface area (Å²) < 4.78 is 13.7. The third-order valence-electron chi connectivity index (χ3n) is 12.2. The van der Waals surface area contributed by atoms with Crippen molar-refractivity contribution in [2.24, 2.45) is 0 Å². The van der Waals surface area contributed by atoms with Crippen LogP contribution in [0.15, 0.2) is 205 Å². The van der Waals surface area contributed by atoms with Crippen molar-refractivity contribution < 1.29 is 4.42 Å². The highest BCUT2D eigenvalue weighted by Crippen LogP contribution is 2.44. The zero-order chi connectivity index (χ0) is 37.9. The molecule has 0 atom stereocenters. The van der Waals surface area contributed by atoms with Gasteiger partial charge in [-0.25, -0.2) is 0 Å². The van der Waals surface area contributed by atoms with Crippen molar-refractivity contribution in [1.29, 1.82) is 0 Å². The summed E-state index contributed by atoms with van der Waals surface area (Å²) in [6.45, 7) is 0. The van der Waals surface area contributed by atoms with Gasteiger partial charge in [0.25, 0.3) is 0 Å². The van der Waals surface area contributed by atoms with Gasteiger partial charge in [-0.15, -0.1) is 0 Å². The lowest BCUT2D eigenvalue weighted by atomic mass is 10.00. The molecule has 0 aliphatic rings. The predicted octanol–water partition coefficient (Wildman–Crippen LogP) is 14.5. The molecule has 0 radical (unpaired) electrons. The van der Waals surface area contributed by atoms with Crippen LogP contribution >= 0.6 is 0 Å². The molecule has 0 saturated heterocycles. The van der Waals surface area contributed by atoms with Gasteiger partial charge in [-0.05, 0) is 96.1 Å². The number of para-hydroxylation sites is 5. The van der Waals surface area contributed by atoms with E-state index in [1.165, 1.54) is 71.0 Å². The molecule has 4 aromatic heterocycles. The maximum Gasteiger partial charge on any atom is 0.136 e. The van der Waals surface area contributed by atoms with E-state index in [1.807, 2.05) is 6.07 Å². The first-order valence-electron chi connectivity index (χ1n) is 19.8. The number of hydrogen-bond acceptors (Lipinski definition) is 1. The zero-order valence-corrected chi connectivity index (χ0v) is 31.3. The van der Waals surface area contributed by atoms with Gasteiger partial charge in [0.15, 0.2) is 0 Å². The van der Waals surface area contributed by atoms with Crippen LogP contribution in [0.4, 0.5) is 0 Å². The summed E-state index contributed by atoms with van der Waals surface area (Å²) >= 11 is 0. The van der Waals surface area contributed by atoms with Gasteiger partial charge in [-0.2, -0.15) is 0 Å².